The molecule has 0 spiro atoms. The first-order chi connectivity index (χ1) is 9.08. The van der Waals surface area contributed by atoms with Crippen LogP contribution in [-0.2, 0) is 6.42 Å². The summed E-state index contributed by atoms with van der Waals surface area (Å²) in [6, 6.07) is 15.8. The topological polar surface area (TPSA) is 46.2 Å². The van der Waals surface area contributed by atoms with Gasteiger partial charge in [0.15, 0.2) is 0 Å². The van der Waals surface area contributed by atoms with E-state index in [2.05, 4.69) is 13.0 Å². The van der Waals surface area contributed by atoms with E-state index < -0.39 is 6.10 Å². The van der Waals surface area contributed by atoms with Gasteiger partial charge in [-0.1, -0.05) is 54.1 Å². The van der Waals surface area contributed by atoms with Crippen LogP contribution in [-0.4, -0.2) is 11.2 Å². The molecule has 0 bridgehead atoms. The van der Waals surface area contributed by atoms with Crippen LogP contribution in [0, 0.1) is 13.8 Å². The van der Waals surface area contributed by atoms with Crippen LogP contribution < -0.4 is 5.73 Å². The molecule has 0 heterocycles. The van der Waals surface area contributed by atoms with Crippen molar-refractivity contribution in [3.8, 4) is 0 Å². The van der Waals surface area contributed by atoms with E-state index in [0.717, 1.165) is 16.7 Å². The molecule has 0 saturated heterocycles. The van der Waals surface area contributed by atoms with Crippen LogP contribution >= 0.6 is 12.4 Å². The minimum absolute atomic E-state index is 0. The van der Waals surface area contributed by atoms with Crippen molar-refractivity contribution in [2.75, 3.05) is 0 Å². The molecule has 0 radical (unpaired) electrons. The molecule has 0 aliphatic rings. The van der Waals surface area contributed by atoms with E-state index in [0.29, 0.717) is 6.42 Å². The summed E-state index contributed by atoms with van der Waals surface area (Å²) in [4.78, 5) is 0. The maximum absolute atomic E-state index is 10.3. The van der Waals surface area contributed by atoms with E-state index in [4.69, 9.17) is 5.73 Å². The van der Waals surface area contributed by atoms with Gasteiger partial charge in [-0.15, -0.1) is 12.4 Å². The van der Waals surface area contributed by atoms with Crippen LogP contribution in [0.1, 0.15) is 28.3 Å². The first kappa shape index (κ1) is 16.7. The van der Waals surface area contributed by atoms with Crippen molar-refractivity contribution in [2.45, 2.75) is 32.4 Å². The van der Waals surface area contributed by atoms with Crippen LogP contribution in [0.15, 0.2) is 48.5 Å². The minimum atomic E-state index is -0.566. The second kappa shape index (κ2) is 7.44. The smallest absolute Gasteiger partial charge is 0.0773 e. The molecular formula is C17H22ClNO. The van der Waals surface area contributed by atoms with E-state index in [1.807, 2.05) is 49.4 Å². The lowest BCUT2D eigenvalue weighted by molar-refractivity contribution is 0.145. The second-order valence-corrected chi connectivity index (χ2v) is 5.14. The maximum Gasteiger partial charge on any atom is 0.0773 e. The van der Waals surface area contributed by atoms with Crippen molar-refractivity contribution in [3.63, 3.8) is 0 Å². The molecule has 2 aromatic carbocycles. The first-order valence-corrected chi connectivity index (χ1v) is 6.62. The Bertz CT molecular complexity index is 542. The third-order valence-corrected chi connectivity index (χ3v) is 3.49. The molecule has 2 nitrogen and oxygen atoms in total. The highest BCUT2D eigenvalue weighted by atomic mass is 35.5. The van der Waals surface area contributed by atoms with Crippen molar-refractivity contribution >= 4 is 12.4 Å². The zero-order valence-electron chi connectivity index (χ0n) is 11.9. The standard InChI is InChI=1S/C17H21NO.ClH/c1-12-8-9-15(13(2)10-12)17(18)16(19)11-14-6-4-3-5-7-14;/h3-10,16-17,19H,11,18H2,1-2H3;1H/t16-,17+;/m0./s1. The fraction of sp³-hybridized carbons (Fsp3) is 0.294. The summed E-state index contributed by atoms with van der Waals surface area (Å²) < 4.78 is 0. The molecule has 2 atom stereocenters. The number of aliphatic hydroxyl groups is 1. The molecule has 0 aromatic heterocycles. The van der Waals surface area contributed by atoms with E-state index in [9.17, 15) is 5.11 Å². The number of aryl methyl sites for hydroxylation is 2. The predicted octanol–water partition coefficient (Wildman–Crippen LogP) is 3.33. The van der Waals surface area contributed by atoms with Gasteiger partial charge in [0.05, 0.1) is 12.1 Å². The van der Waals surface area contributed by atoms with Gasteiger partial charge in [0.1, 0.15) is 0 Å². The van der Waals surface area contributed by atoms with Crippen LogP contribution in [0.5, 0.6) is 0 Å². The fourth-order valence-corrected chi connectivity index (χ4v) is 2.39. The van der Waals surface area contributed by atoms with Gasteiger partial charge in [-0.2, -0.15) is 0 Å². The first-order valence-electron chi connectivity index (χ1n) is 6.62. The summed E-state index contributed by atoms with van der Waals surface area (Å²) in [5, 5.41) is 10.3. The molecule has 0 fully saturated rings. The lowest BCUT2D eigenvalue weighted by atomic mass is 9.93. The van der Waals surface area contributed by atoms with E-state index in [1.54, 1.807) is 0 Å². The number of benzene rings is 2. The van der Waals surface area contributed by atoms with Gasteiger partial charge < -0.3 is 10.8 Å². The molecule has 0 amide bonds. The van der Waals surface area contributed by atoms with E-state index in [-0.39, 0.29) is 18.4 Å². The van der Waals surface area contributed by atoms with Gasteiger partial charge in [-0.3, -0.25) is 0 Å². The van der Waals surface area contributed by atoms with Crippen molar-refractivity contribution in [2.24, 2.45) is 5.73 Å². The van der Waals surface area contributed by atoms with Crippen LogP contribution in [0.2, 0.25) is 0 Å². The summed E-state index contributed by atoms with van der Waals surface area (Å²) >= 11 is 0. The average molecular weight is 292 g/mol. The predicted molar refractivity (Wildman–Crippen MR) is 86.2 cm³/mol. The van der Waals surface area contributed by atoms with E-state index in [1.165, 1.54) is 5.56 Å². The molecule has 108 valence electrons. The van der Waals surface area contributed by atoms with Gasteiger partial charge in [-0.25, -0.2) is 0 Å². The Labute approximate surface area is 127 Å². The van der Waals surface area contributed by atoms with Crippen LogP contribution in [0.25, 0.3) is 0 Å². The largest absolute Gasteiger partial charge is 0.391 e. The average Bonchev–Trinajstić information content (AvgIpc) is 2.39. The van der Waals surface area contributed by atoms with Crippen molar-refractivity contribution in [1.29, 1.82) is 0 Å². The molecule has 2 aromatic rings. The van der Waals surface area contributed by atoms with Crippen molar-refractivity contribution in [3.05, 3.63) is 70.8 Å². The number of hydrogen-bond donors (Lipinski definition) is 2. The van der Waals surface area contributed by atoms with Gasteiger partial charge in [0.25, 0.3) is 0 Å². The summed E-state index contributed by atoms with van der Waals surface area (Å²) in [6.45, 7) is 4.10. The lowest BCUT2D eigenvalue weighted by Crippen LogP contribution is -2.28. The molecule has 0 aliphatic carbocycles. The Hall–Kier alpha value is -1.35. The van der Waals surface area contributed by atoms with Crippen LogP contribution in [0.4, 0.5) is 0 Å². The number of halogens is 1. The molecule has 3 heteroatoms. The molecular weight excluding hydrogens is 270 g/mol. The summed E-state index contributed by atoms with van der Waals surface area (Å²) in [7, 11) is 0. The number of rotatable bonds is 4. The van der Waals surface area contributed by atoms with Gasteiger partial charge in [-0.05, 0) is 30.5 Å². The highest BCUT2D eigenvalue weighted by molar-refractivity contribution is 5.85. The Balaban J connectivity index is 0.00000200. The Kier molecular flexibility index (Phi) is 6.21. The highest BCUT2D eigenvalue weighted by Gasteiger charge is 2.18. The lowest BCUT2D eigenvalue weighted by Gasteiger charge is -2.21. The Morgan fingerprint density at radius 1 is 1.05 bits per heavy atom. The van der Waals surface area contributed by atoms with Gasteiger partial charge in [0, 0.05) is 6.42 Å². The van der Waals surface area contributed by atoms with Gasteiger partial charge in [0.2, 0.25) is 0 Å². The normalized spacial score (nSPS) is 13.4. The Morgan fingerprint density at radius 3 is 2.30 bits per heavy atom. The highest BCUT2D eigenvalue weighted by Crippen LogP contribution is 2.21. The summed E-state index contributed by atoms with van der Waals surface area (Å²) in [5.41, 5.74) is 10.7. The molecule has 2 rings (SSSR count). The number of hydrogen-bond acceptors (Lipinski definition) is 2. The fourth-order valence-electron chi connectivity index (χ4n) is 2.39. The molecule has 0 saturated carbocycles. The molecule has 0 unspecified atom stereocenters. The third kappa shape index (κ3) is 4.07. The minimum Gasteiger partial charge on any atom is -0.391 e. The number of aliphatic hydroxyl groups excluding tert-OH is 1. The summed E-state index contributed by atoms with van der Waals surface area (Å²) in [6.07, 6.45) is 0.0128. The molecule has 3 N–H and O–H groups in total. The quantitative estimate of drug-likeness (QED) is 0.908. The molecule has 20 heavy (non-hydrogen) atoms. The maximum atomic E-state index is 10.3. The van der Waals surface area contributed by atoms with E-state index >= 15 is 0 Å². The monoisotopic (exact) mass is 291 g/mol. The zero-order chi connectivity index (χ0) is 13.8. The second-order valence-electron chi connectivity index (χ2n) is 5.14. The number of nitrogens with two attached hydrogens (primary N) is 1. The summed E-state index contributed by atoms with van der Waals surface area (Å²) in [5.74, 6) is 0. The van der Waals surface area contributed by atoms with Crippen LogP contribution in [0.3, 0.4) is 0 Å². The zero-order valence-corrected chi connectivity index (χ0v) is 12.7. The van der Waals surface area contributed by atoms with Crippen molar-refractivity contribution in [1.82, 2.24) is 0 Å². The molecule has 0 aliphatic heterocycles. The van der Waals surface area contributed by atoms with Crippen molar-refractivity contribution < 1.29 is 5.11 Å². The third-order valence-electron chi connectivity index (χ3n) is 3.49. The Morgan fingerprint density at radius 2 is 1.70 bits per heavy atom. The SMILES string of the molecule is Cc1ccc([C@@H](N)[C@@H](O)Cc2ccccc2)c(C)c1.Cl. The van der Waals surface area contributed by atoms with Gasteiger partial charge >= 0.3 is 0 Å².